The summed E-state index contributed by atoms with van der Waals surface area (Å²) in [4.78, 5) is 4.61. The van der Waals surface area contributed by atoms with Crippen molar-refractivity contribution in [3.05, 3.63) is 28.8 Å². The number of aromatic hydroxyl groups is 1. The van der Waals surface area contributed by atoms with Gasteiger partial charge in [-0.2, -0.15) is 0 Å². The Bertz CT molecular complexity index is 458. The quantitative estimate of drug-likeness (QED) is 0.557. The highest BCUT2D eigenvalue weighted by Crippen LogP contribution is 2.23. The van der Waals surface area contributed by atoms with Crippen LogP contribution < -0.4 is 10.6 Å². The zero-order valence-corrected chi connectivity index (χ0v) is 14.0. The maximum absolute atomic E-state index is 9.80. The van der Waals surface area contributed by atoms with Crippen LogP contribution in [0.15, 0.2) is 17.1 Å². The first kappa shape index (κ1) is 17.3. The van der Waals surface area contributed by atoms with Crippen LogP contribution in [0.4, 0.5) is 0 Å². The average Bonchev–Trinajstić information content (AvgIpc) is 2.41. The molecule has 0 spiro atoms. The summed E-state index contributed by atoms with van der Waals surface area (Å²) in [6, 6.07) is 3.98. The van der Waals surface area contributed by atoms with Gasteiger partial charge in [-0.05, 0) is 49.8 Å². The van der Waals surface area contributed by atoms with Crippen LogP contribution >= 0.6 is 0 Å². The van der Waals surface area contributed by atoms with E-state index in [1.54, 1.807) is 0 Å². The van der Waals surface area contributed by atoms with Crippen LogP contribution in [0.1, 0.15) is 43.9 Å². The average molecular weight is 291 g/mol. The molecule has 0 bridgehead atoms. The van der Waals surface area contributed by atoms with Crippen molar-refractivity contribution in [1.29, 1.82) is 0 Å². The number of benzene rings is 1. The third-order valence-electron chi connectivity index (χ3n) is 3.33. The smallest absolute Gasteiger partial charge is 0.191 e. The van der Waals surface area contributed by atoms with Gasteiger partial charge in [-0.25, -0.2) is 4.99 Å². The summed E-state index contributed by atoms with van der Waals surface area (Å²) in [7, 11) is 0. The molecule has 0 heterocycles. The first-order chi connectivity index (χ1) is 9.93. The van der Waals surface area contributed by atoms with Crippen molar-refractivity contribution in [2.75, 3.05) is 13.1 Å². The van der Waals surface area contributed by atoms with Crippen molar-refractivity contribution in [3.8, 4) is 5.75 Å². The van der Waals surface area contributed by atoms with Gasteiger partial charge in [0.1, 0.15) is 5.75 Å². The van der Waals surface area contributed by atoms with Gasteiger partial charge in [-0.3, -0.25) is 0 Å². The van der Waals surface area contributed by atoms with E-state index in [2.05, 4.69) is 36.4 Å². The summed E-state index contributed by atoms with van der Waals surface area (Å²) in [5.41, 5.74) is 2.92. The lowest BCUT2D eigenvalue weighted by Crippen LogP contribution is -2.38. The number of rotatable bonds is 6. The fraction of sp³-hybridized carbons (Fsp3) is 0.588. The fourth-order valence-corrected chi connectivity index (χ4v) is 2.13. The summed E-state index contributed by atoms with van der Waals surface area (Å²) in [6.07, 6.45) is 1.13. The number of phenols is 1. The van der Waals surface area contributed by atoms with Gasteiger partial charge in [0.25, 0.3) is 0 Å². The zero-order chi connectivity index (χ0) is 15.8. The Hall–Kier alpha value is -1.71. The molecule has 1 aromatic carbocycles. The van der Waals surface area contributed by atoms with Crippen molar-refractivity contribution >= 4 is 5.96 Å². The molecule has 0 aliphatic carbocycles. The molecule has 21 heavy (non-hydrogen) atoms. The van der Waals surface area contributed by atoms with Crippen LogP contribution in [0, 0.1) is 19.8 Å². The van der Waals surface area contributed by atoms with Crippen molar-refractivity contribution in [1.82, 2.24) is 10.6 Å². The molecule has 0 atom stereocenters. The maximum Gasteiger partial charge on any atom is 0.191 e. The molecule has 0 aliphatic heterocycles. The van der Waals surface area contributed by atoms with Gasteiger partial charge in [0, 0.05) is 13.1 Å². The predicted octanol–water partition coefficient (Wildman–Crippen LogP) is 3.11. The number of hydrogen-bond donors (Lipinski definition) is 3. The van der Waals surface area contributed by atoms with E-state index in [0.717, 1.165) is 42.2 Å². The zero-order valence-electron chi connectivity index (χ0n) is 14.0. The highest BCUT2D eigenvalue weighted by Gasteiger charge is 2.04. The second kappa shape index (κ2) is 8.55. The molecular weight excluding hydrogens is 262 g/mol. The molecule has 0 radical (unpaired) electrons. The molecular formula is C17H29N3O. The minimum Gasteiger partial charge on any atom is -0.507 e. The number of guanidine groups is 1. The van der Waals surface area contributed by atoms with E-state index in [1.807, 2.05) is 26.0 Å². The summed E-state index contributed by atoms with van der Waals surface area (Å²) in [6.45, 7) is 12.7. The standard InChI is InChI=1S/C17H29N3O/c1-6-18-17(19-8-7-12(2)3)20-11-15-9-13(4)16(21)14(5)10-15/h9-10,12,21H,6-8,11H2,1-5H3,(H2,18,19,20). The molecule has 3 N–H and O–H groups in total. The van der Waals surface area contributed by atoms with Crippen LogP contribution in [-0.2, 0) is 6.54 Å². The van der Waals surface area contributed by atoms with Gasteiger partial charge in [0.05, 0.1) is 6.54 Å². The van der Waals surface area contributed by atoms with E-state index in [9.17, 15) is 5.11 Å². The van der Waals surface area contributed by atoms with E-state index in [1.165, 1.54) is 0 Å². The normalized spacial score (nSPS) is 11.8. The summed E-state index contributed by atoms with van der Waals surface area (Å²) < 4.78 is 0. The van der Waals surface area contributed by atoms with Crippen LogP contribution in [0.25, 0.3) is 0 Å². The van der Waals surface area contributed by atoms with Crippen LogP contribution in [0.2, 0.25) is 0 Å². The topological polar surface area (TPSA) is 56.7 Å². The Morgan fingerprint density at radius 2 is 1.81 bits per heavy atom. The molecule has 0 fully saturated rings. The van der Waals surface area contributed by atoms with E-state index in [4.69, 9.17) is 0 Å². The Morgan fingerprint density at radius 3 is 2.33 bits per heavy atom. The van der Waals surface area contributed by atoms with E-state index in [-0.39, 0.29) is 0 Å². The number of nitrogens with one attached hydrogen (secondary N) is 2. The monoisotopic (exact) mass is 291 g/mol. The fourth-order valence-electron chi connectivity index (χ4n) is 2.13. The molecule has 0 aliphatic rings. The predicted molar refractivity (Wildman–Crippen MR) is 89.9 cm³/mol. The van der Waals surface area contributed by atoms with Crippen LogP contribution in [0.5, 0.6) is 5.75 Å². The second-order valence-corrected chi connectivity index (χ2v) is 5.88. The van der Waals surface area contributed by atoms with Gasteiger partial charge in [0.2, 0.25) is 0 Å². The van der Waals surface area contributed by atoms with E-state index < -0.39 is 0 Å². The Balaban J connectivity index is 2.68. The summed E-state index contributed by atoms with van der Waals surface area (Å²) in [5.74, 6) is 1.91. The van der Waals surface area contributed by atoms with Crippen LogP contribution in [0.3, 0.4) is 0 Å². The summed E-state index contributed by atoms with van der Waals surface area (Å²) in [5, 5.41) is 16.4. The largest absolute Gasteiger partial charge is 0.507 e. The third kappa shape index (κ3) is 6.06. The SMILES string of the molecule is CCNC(=NCc1cc(C)c(O)c(C)c1)NCCC(C)C. The molecule has 118 valence electrons. The van der Waals surface area contributed by atoms with Gasteiger partial charge in [-0.15, -0.1) is 0 Å². The number of hydrogen-bond acceptors (Lipinski definition) is 2. The first-order valence-corrected chi connectivity index (χ1v) is 7.75. The van der Waals surface area contributed by atoms with Crippen LogP contribution in [-0.4, -0.2) is 24.2 Å². The lowest BCUT2D eigenvalue weighted by Gasteiger charge is -2.13. The first-order valence-electron chi connectivity index (χ1n) is 7.75. The van der Waals surface area contributed by atoms with Gasteiger partial charge >= 0.3 is 0 Å². The van der Waals surface area contributed by atoms with Crippen molar-refractivity contribution in [2.45, 2.75) is 47.6 Å². The lowest BCUT2D eigenvalue weighted by atomic mass is 10.1. The molecule has 0 saturated heterocycles. The van der Waals surface area contributed by atoms with Gasteiger partial charge in [0.15, 0.2) is 5.96 Å². The van der Waals surface area contributed by atoms with Gasteiger partial charge in [-0.1, -0.05) is 26.0 Å². The minimum absolute atomic E-state index is 0.379. The number of aryl methyl sites for hydroxylation is 2. The lowest BCUT2D eigenvalue weighted by molar-refractivity contribution is 0.466. The molecule has 1 aromatic rings. The van der Waals surface area contributed by atoms with Crippen molar-refractivity contribution in [2.24, 2.45) is 10.9 Å². The molecule has 4 nitrogen and oxygen atoms in total. The number of aliphatic imine (C=N–C) groups is 1. The minimum atomic E-state index is 0.379. The van der Waals surface area contributed by atoms with E-state index in [0.29, 0.717) is 18.2 Å². The van der Waals surface area contributed by atoms with Gasteiger partial charge < -0.3 is 15.7 Å². The number of nitrogens with zero attached hydrogens (tertiary/aromatic N) is 1. The Labute approximate surface area is 128 Å². The van der Waals surface area contributed by atoms with E-state index >= 15 is 0 Å². The molecule has 0 saturated carbocycles. The molecule has 0 aromatic heterocycles. The third-order valence-corrected chi connectivity index (χ3v) is 3.33. The molecule has 0 unspecified atom stereocenters. The second-order valence-electron chi connectivity index (χ2n) is 5.88. The highest BCUT2D eigenvalue weighted by molar-refractivity contribution is 5.79. The molecule has 4 heteroatoms. The maximum atomic E-state index is 9.80. The summed E-state index contributed by atoms with van der Waals surface area (Å²) >= 11 is 0. The van der Waals surface area contributed by atoms with Crippen molar-refractivity contribution in [3.63, 3.8) is 0 Å². The van der Waals surface area contributed by atoms with Crippen molar-refractivity contribution < 1.29 is 5.11 Å². The number of phenolic OH excluding ortho intramolecular Hbond substituents is 1. The Morgan fingerprint density at radius 1 is 1.19 bits per heavy atom. The molecule has 0 amide bonds. The highest BCUT2D eigenvalue weighted by atomic mass is 16.3. The Kier molecular flexibility index (Phi) is 7.06. The molecule has 1 rings (SSSR count).